The molecule has 3 aromatic rings. The number of hydrazine groups is 1. The molecule has 0 bridgehead atoms. The number of amides is 1. The smallest absolute Gasteiger partial charge is 0.269 e. The Morgan fingerprint density at radius 3 is 2.54 bits per heavy atom. The van der Waals surface area contributed by atoms with Gasteiger partial charge in [-0.15, -0.1) is 0 Å². The van der Waals surface area contributed by atoms with E-state index in [0.717, 1.165) is 0 Å². The minimum atomic E-state index is -0.675. The molecule has 1 aromatic carbocycles. The van der Waals surface area contributed by atoms with Crippen molar-refractivity contribution < 1.29 is 14.0 Å². The van der Waals surface area contributed by atoms with Crippen LogP contribution in [0.3, 0.4) is 0 Å². The summed E-state index contributed by atoms with van der Waals surface area (Å²) >= 11 is 0. The molecule has 1 amide bonds. The number of nitrogens with one attached hydrogen (secondary N) is 1. The maximum absolute atomic E-state index is 13.2. The summed E-state index contributed by atoms with van der Waals surface area (Å²) in [5.74, 6) is 4.13. The van der Waals surface area contributed by atoms with Crippen LogP contribution in [0.5, 0.6) is 0 Å². The molecule has 0 spiro atoms. The number of benzene rings is 1. The second kappa shape index (κ2) is 6.39. The molecule has 120 valence electrons. The zero-order valence-corrected chi connectivity index (χ0v) is 12.3. The first kappa shape index (κ1) is 15.5. The van der Waals surface area contributed by atoms with E-state index in [4.69, 9.17) is 5.84 Å². The van der Waals surface area contributed by atoms with Crippen LogP contribution in [0.25, 0.3) is 17.1 Å². The van der Waals surface area contributed by atoms with Gasteiger partial charge in [-0.1, -0.05) is 6.07 Å². The van der Waals surface area contributed by atoms with Crippen LogP contribution in [0.15, 0.2) is 48.7 Å². The van der Waals surface area contributed by atoms with Crippen molar-refractivity contribution >= 4 is 12.2 Å². The number of aldehydes is 1. The molecule has 0 aliphatic carbocycles. The normalized spacial score (nSPS) is 10.4. The molecule has 0 radical (unpaired) electrons. The van der Waals surface area contributed by atoms with E-state index in [-0.39, 0.29) is 17.0 Å². The molecule has 0 aliphatic rings. The maximum atomic E-state index is 13.2. The number of pyridine rings is 1. The van der Waals surface area contributed by atoms with E-state index in [9.17, 15) is 14.0 Å². The van der Waals surface area contributed by atoms with Gasteiger partial charge in [-0.2, -0.15) is 5.10 Å². The molecule has 2 heterocycles. The van der Waals surface area contributed by atoms with E-state index in [2.05, 4.69) is 10.1 Å². The van der Waals surface area contributed by atoms with E-state index in [0.29, 0.717) is 17.7 Å². The molecule has 3 N–H and O–H groups in total. The van der Waals surface area contributed by atoms with Crippen LogP contribution in [0.4, 0.5) is 4.39 Å². The minimum Gasteiger partial charge on any atom is -0.296 e. The van der Waals surface area contributed by atoms with Crippen LogP contribution in [-0.2, 0) is 0 Å². The molecule has 0 unspecified atom stereocenters. The van der Waals surface area contributed by atoms with E-state index in [1.54, 1.807) is 24.4 Å². The fourth-order valence-corrected chi connectivity index (χ4v) is 2.32. The predicted octanol–water partition coefficient (Wildman–Crippen LogP) is 1.49. The van der Waals surface area contributed by atoms with Gasteiger partial charge in [0, 0.05) is 6.20 Å². The number of nitrogen functional groups attached to an aromatic ring is 1. The van der Waals surface area contributed by atoms with Crippen molar-refractivity contribution in [2.24, 2.45) is 5.84 Å². The number of carbonyl (C=O) groups excluding carboxylic acids is 2. The molecule has 3 rings (SSSR count). The van der Waals surface area contributed by atoms with Crippen molar-refractivity contribution in [3.05, 3.63) is 65.7 Å². The van der Waals surface area contributed by atoms with Gasteiger partial charge < -0.3 is 0 Å². The van der Waals surface area contributed by atoms with Crippen LogP contribution in [0.1, 0.15) is 20.8 Å². The zero-order valence-electron chi connectivity index (χ0n) is 12.3. The van der Waals surface area contributed by atoms with Crippen molar-refractivity contribution in [2.75, 3.05) is 0 Å². The average molecular weight is 325 g/mol. The monoisotopic (exact) mass is 325 g/mol. The minimum absolute atomic E-state index is 0.00414. The van der Waals surface area contributed by atoms with E-state index < -0.39 is 11.7 Å². The molecule has 0 fully saturated rings. The molecule has 0 saturated carbocycles. The Morgan fingerprint density at radius 1 is 1.21 bits per heavy atom. The molecular weight excluding hydrogens is 313 g/mol. The van der Waals surface area contributed by atoms with Crippen molar-refractivity contribution in [3.8, 4) is 17.1 Å². The lowest BCUT2D eigenvalue weighted by molar-refractivity contribution is 0.0948. The van der Waals surface area contributed by atoms with Crippen molar-refractivity contribution in [1.29, 1.82) is 0 Å². The highest BCUT2D eigenvalue weighted by atomic mass is 19.1. The average Bonchev–Trinajstić information content (AvgIpc) is 3.02. The van der Waals surface area contributed by atoms with Gasteiger partial charge in [0.25, 0.3) is 5.91 Å². The first-order valence-electron chi connectivity index (χ1n) is 6.92. The predicted molar refractivity (Wildman–Crippen MR) is 83.8 cm³/mol. The molecule has 0 saturated heterocycles. The van der Waals surface area contributed by atoms with Crippen LogP contribution < -0.4 is 11.3 Å². The molecule has 2 aromatic heterocycles. The summed E-state index contributed by atoms with van der Waals surface area (Å²) in [6.45, 7) is 0. The van der Waals surface area contributed by atoms with Crippen molar-refractivity contribution in [3.63, 3.8) is 0 Å². The summed E-state index contributed by atoms with van der Waals surface area (Å²) in [4.78, 5) is 27.7. The van der Waals surface area contributed by atoms with Gasteiger partial charge in [-0.25, -0.2) is 14.9 Å². The van der Waals surface area contributed by atoms with Gasteiger partial charge in [-0.3, -0.25) is 20.0 Å². The SMILES string of the molecule is NNC(=O)c1c(C=O)nn(-c2ccc(F)cc2)c1-c1ccccn1. The van der Waals surface area contributed by atoms with E-state index in [1.165, 1.54) is 28.9 Å². The second-order valence-electron chi connectivity index (χ2n) is 4.80. The Kier molecular flexibility index (Phi) is 4.13. The third-order valence-corrected chi connectivity index (χ3v) is 3.36. The molecule has 8 heteroatoms. The summed E-state index contributed by atoms with van der Waals surface area (Å²) in [5, 5.41) is 4.14. The fourth-order valence-electron chi connectivity index (χ4n) is 2.32. The summed E-state index contributed by atoms with van der Waals surface area (Å²) in [6.07, 6.45) is 2.00. The van der Waals surface area contributed by atoms with Crippen LogP contribution in [-0.4, -0.2) is 27.0 Å². The van der Waals surface area contributed by atoms with Gasteiger partial charge in [0.1, 0.15) is 17.2 Å². The van der Waals surface area contributed by atoms with Gasteiger partial charge >= 0.3 is 0 Å². The summed E-state index contributed by atoms with van der Waals surface area (Å²) in [7, 11) is 0. The van der Waals surface area contributed by atoms with Gasteiger partial charge in [0.15, 0.2) is 6.29 Å². The highest BCUT2D eigenvalue weighted by Crippen LogP contribution is 2.27. The summed E-state index contributed by atoms with van der Waals surface area (Å²) < 4.78 is 14.5. The Bertz CT molecular complexity index is 891. The summed E-state index contributed by atoms with van der Waals surface area (Å²) in [6, 6.07) is 10.6. The number of carbonyl (C=O) groups is 2. The molecule has 24 heavy (non-hydrogen) atoms. The maximum Gasteiger partial charge on any atom is 0.269 e. The Balaban J connectivity index is 2.33. The van der Waals surface area contributed by atoms with E-state index >= 15 is 0 Å². The molecule has 0 atom stereocenters. The number of halogens is 1. The quantitative estimate of drug-likeness (QED) is 0.327. The van der Waals surface area contributed by atoms with Crippen molar-refractivity contribution in [1.82, 2.24) is 20.2 Å². The molecule has 0 aliphatic heterocycles. The second-order valence-corrected chi connectivity index (χ2v) is 4.80. The number of hydrogen-bond acceptors (Lipinski definition) is 5. The van der Waals surface area contributed by atoms with Gasteiger partial charge in [0.2, 0.25) is 0 Å². The first-order chi connectivity index (χ1) is 11.7. The lowest BCUT2D eigenvalue weighted by Crippen LogP contribution is -2.31. The topological polar surface area (TPSA) is 103 Å². The van der Waals surface area contributed by atoms with Gasteiger partial charge in [0.05, 0.1) is 16.9 Å². The number of nitrogens with zero attached hydrogens (tertiary/aromatic N) is 3. The lowest BCUT2D eigenvalue weighted by atomic mass is 10.1. The van der Waals surface area contributed by atoms with Crippen LogP contribution >= 0.6 is 0 Å². The Morgan fingerprint density at radius 2 is 1.96 bits per heavy atom. The largest absolute Gasteiger partial charge is 0.296 e. The highest BCUT2D eigenvalue weighted by molar-refractivity contribution is 6.05. The third-order valence-electron chi connectivity index (χ3n) is 3.36. The number of aromatic nitrogens is 3. The fraction of sp³-hybridized carbons (Fsp3) is 0. The van der Waals surface area contributed by atoms with Crippen LogP contribution in [0, 0.1) is 5.82 Å². The zero-order chi connectivity index (χ0) is 17.1. The number of hydrogen-bond donors (Lipinski definition) is 2. The Labute approximate surface area is 135 Å². The lowest BCUT2D eigenvalue weighted by Gasteiger charge is -2.08. The standard InChI is InChI=1S/C16H12FN5O2/c17-10-4-6-11(7-5-10)22-15(12-3-1-2-8-19-12)14(16(24)20-18)13(9-23)21-22/h1-9H,18H2,(H,20,24). The number of nitrogens with two attached hydrogens (primary N) is 1. The first-order valence-corrected chi connectivity index (χ1v) is 6.92. The number of rotatable bonds is 4. The highest BCUT2D eigenvalue weighted by Gasteiger charge is 2.25. The summed E-state index contributed by atoms with van der Waals surface area (Å²) in [5.41, 5.74) is 3.07. The van der Waals surface area contributed by atoms with E-state index in [1.807, 2.05) is 5.43 Å². The Hall–Kier alpha value is -3.39. The molecule has 7 nitrogen and oxygen atoms in total. The third kappa shape index (κ3) is 2.66. The van der Waals surface area contributed by atoms with Gasteiger partial charge in [-0.05, 0) is 36.4 Å². The van der Waals surface area contributed by atoms with Crippen molar-refractivity contribution in [2.45, 2.75) is 0 Å². The van der Waals surface area contributed by atoms with Crippen LogP contribution in [0.2, 0.25) is 0 Å². The molecular formula is C16H12FN5O2.